The Morgan fingerprint density at radius 3 is 2.64 bits per heavy atom. The quantitative estimate of drug-likeness (QED) is 0.856. The SMILES string of the molecule is CCC1CCN(S(=O)(=O)N2CCCC2c2cccnc2)CC1. The molecule has 2 aliphatic rings. The lowest BCUT2D eigenvalue weighted by Gasteiger charge is -2.35. The molecule has 0 saturated carbocycles. The molecule has 1 atom stereocenters. The molecule has 3 heterocycles. The Labute approximate surface area is 133 Å². The molecule has 0 aliphatic carbocycles. The molecule has 0 spiro atoms. The lowest BCUT2D eigenvalue weighted by atomic mass is 9.96. The van der Waals surface area contributed by atoms with E-state index in [1.165, 1.54) is 0 Å². The van der Waals surface area contributed by atoms with E-state index in [1.807, 2.05) is 12.1 Å². The van der Waals surface area contributed by atoms with Crippen LogP contribution < -0.4 is 0 Å². The molecule has 0 radical (unpaired) electrons. The molecule has 3 rings (SSSR count). The summed E-state index contributed by atoms with van der Waals surface area (Å²) < 4.78 is 29.4. The normalized spacial score (nSPS) is 25.6. The van der Waals surface area contributed by atoms with E-state index < -0.39 is 10.2 Å². The fraction of sp³-hybridized carbons (Fsp3) is 0.688. The van der Waals surface area contributed by atoms with Crippen LogP contribution in [0.2, 0.25) is 0 Å². The van der Waals surface area contributed by atoms with Crippen LogP contribution in [0.15, 0.2) is 24.5 Å². The van der Waals surface area contributed by atoms with Crippen molar-refractivity contribution in [3.8, 4) is 0 Å². The lowest BCUT2D eigenvalue weighted by molar-refractivity contribution is 0.247. The first kappa shape index (κ1) is 15.9. The molecular weight excluding hydrogens is 298 g/mol. The maximum Gasteiger partial charge on any atom is 0.282 e. The largest absolute Gasteiger partial charge is 0.282 e. The Hall–Kier alpha value is -0.980. The fourth-order valence-corrected chi connectivity index (χ4v) is 5.50. The van der Waals surface area contributed by atoms with Crippen LogP contribution in [0.5, 0.6) is 0 Å². The van der Waals surface area contributed by atoms with Crippen molar-refractivity contribution in [2.45, 2.75) is 45.1 Å². The first-order chi connectivity index (χ1) is 10.6. The van der Waals surface area contributed by atoms with Crippen molar-refractivity contribution < 1.29 is 8.42 Å². The van der Waals surface area contributed by atoms with Gasteiger partial charge in [0.1, 0.15) is 0 Å². The van der Waals surface area contributed by atoms with Gasteiger partial charge in [0.05, 0.1) is 6.04 Å². The van der Waals surface area contributed by atoms with E-state index in [0.29, 0.717) is 25.6 Å². The molecular formula is C16H25N3O2S. The third-order valence-electron chi connectivity index (χ3n) is 5.05. The first-order valence-corrected chi connectivity index (χ1v) is 9.69. The molecule has 5 nitrogen and oxygen atoms in total. The third-order valence-corrected chi connectivity index (χ3v) is 7.09. The highest BCUT2D eigenvalue weighted by Crippen LogP contribution is 2.36. The van der Waals surface area contributed by atoms with E-state index in [1.54, 1.807) is 21.0 Å². The van der Waals surface area contributed by atoms with Crippen LogP contribution in [0.25, 0.3) is 0 Å². The summed E-state index contributed by atoms with van der Waals surface area (Å²) in [5.74, 6) is 0.680. The standard InChI is InChI=1S/C16H25N3O2S/c1-2-14-7-11-18(12-8-14)22(20,21)19-10-4-6-16(19)15-5-3-9-17-13-15/h3,5,9,13-14,16H,2,4,6-8,10-12H2,1H3. The summed E-state index contributed by atoms with van der Waals surface area (Å²) >= 11 is 0. The van der Waals surface area contributed by atoms with Crippen LogP contribution in [-0.4, -0.2) is 41.6 Å². The number of piperidine rings is 1. The van der Waals surface area contributed by atoms with Crippen LogP contribution in [0.3, 0.4) is 0 Å². The topological polar surface area (TPSA) is 53.5 Å². The predicted molar refractivity (Wildman–Crippen MR) is 86.4 cm³/mol. The number of pyridine rings is 1. The van der Waals surface area contributed by atoms with Gasteiger partial charge in [0, 0.05) is 32.0 Å². The van der Waals surface area contributed by atoms with Crippen molar-refractivity contribution in [3.05, 3.63) is 30.1 Å². The Bertz CT molecular complexity index is 583. The summed E-state index contributed by atoms with van der Waals surface area (Å²) in [7, 11) is -3.35. The van der Waals surface area contributed by atoms with Gasteiger partial charge in [0.15, 0.2) is 0 Å². The highest BCUT2D eigenvalue weighted by Gasteiger charge is 2.39. The monoisotopic (exact) mass is 323 g/mol. The highest BCUT2D eigenvalue weighted by atomic mass is 32.2. The van der Waals surface area contributed by atoms with Gasteiger partial charge in [-0.1, -0.05) is 19.4 Å². The average Bonchev–Trinajstić information content (AvgIpc) is 3.06. The first-order valence-electron chi connectivity index (χ1n) is 8.29. The molecule has 2 saturated heterocycles. The minimum Gasteiger partial charge on any atom is -0.264 e. The van der Waals surface area contributed by atoms with Crippen molar-refractivity contribution in [2.75, 3.05) is 19.6 Å². The molecule has 0 bridgehead atoms. The van der Waals surface area contributed by atoms with Gasteiger partial charge >= 0.3 is 0 Å². The van der Waals surface area contributed by atoms with E-state index in [0.717, 1.165) is 37.7 Å². The van der Waals surface area contributed by atoms with Gasteiger partial charge in [-0.05, 0) is 43.2 Å². The average molecular weight is 323 g/mol. The Morgan fingerprint density at radius 2 is 2.00 bits per heavy atom. The van der Waals surface area contributed by atoms with E-state index in [2.05, 4.69) is 11.9 Å². The summed E-state index contributed by atoms with van der Waals surface area (Å²) in [6.45, 7) is 4.14. The molecule has 22 heavy (non-hydrogen) atoms. The van der Waals surface area contributed by atoms with Crippen molar-refractivity contribution in [1.82, 2.24) is 13.6 Å². The summed E-state index contributed by atoms with van der Waals surface area (Å²) in [5, 5.41) is 0. The number of hydrogen-bond acceptors (Lipinski definition) is 3. The minimum atomic E-state index is -3.35. The highest BCUT2D eigenvalue weighted by molar-refractivity contribution is 7.86. The minimum absolute atomic E-state index is 0.0531. The number of nitrogens with zero attached hydrogens (tertiary/aromatic N) is 3. The second kappa shape index (κ2) is 6.64. The van der Waals surface area contributed by atoms with Crippen molar-refractivity contribution in [3.63, 3.8) is 0 Å². The number of rotatable bonds is 4. The van der Waals surface area contributed by atoms with Gasteiger partial charge in [-0.3, -0.25) is 4.98 Å². The molecule has 0 amide bonds. The molecule has 6 heteroatoms. The van der Waals surface area contributed by atoms with Gasteiger partial charge < -0.3 is 0 Å². The fourth-order valence-electron chi connectivity index (χ4n) is 3.62. The molecule has 2 aliphatic heterocycles. The van der Waals surface area contributed by atoms with Gasteiger partial charge in [-0.25, -0.2) is 0 Å². The number of aromatic nitrogens is 1. The molecule has 0 N–H and O–H groups in total. The summed E-state index contributed by atoms with van der Waals surface area (Å²) in [5.41, 5.74) is 1.01. The Balaban J connectivity index is 1.77. The smallest absolute Gasteiger partial charge is 0.264 e. The van der Waals surface area contributed by atoms with Crippen molar-refractivity contribution in [1.29, 1.82) is 0 Å². The zero-order chi connectivity index (χ0) is 15.6. The predicted octanol–water partition coefficient (Wildman–Crippen LogP) is 2.59. The summed E-state index contributed by atoms with van der Waals surface area (Å²) in [6, 6.07) is 3.81. The maximum absolute atomic E-state index is 13.0. The van der Waals surface area contributed by atoms with Crippen LogP contribution in [-0.2, 0) is 10.2 Å². The van der Waals surface area contributed by atoms with Crippen LogP contribution in [0.4, 0.5) is 0 Å². The van der Waals surface area contributed by atoms with E-state index >= 15 is 0 Å². The zero-order valence-corrected chi connectivity index (χ0v) is 14.0. The van der Waals surface area contributed by atoms with Crippen LogP contribution >= 0.6 is 0 Å². The Morgan fingerprint density at radius 1 is 1.23 bits per heavy atom. The lowest BCUT2D eigenvalue weighted by Crippen LogP contribution is -2.46. The van der Waals surface area contributed by atoms with Crippen molar-refractivity contribution >= 4 is 10.2 Å². The van der Waals surface area contributed by atoms with Gasteiger partial charge in [0.25, 0.3) is 10.2 Å². The molecule has 122 valence electrons. The zero-order valence-electron chi connectivity index (χ0n) is 13.2. The molecule has 1 unspecified atom stereocenters. The van der Waals surface area contributed by atoms with E-state index in [4.69, 9.17) is 0 Å². The van der Waals surface area contributed by atoms with Gasteiger partial charge in [-0.2, -0.15) is 17.0 Å². The molecule has 1 aromatic heterocycles. The second-order valence-corrected chi connectivity index (χ2v) is 8.19. The van der Waals surface area contributed by atoms with Gasteiger partial charge in [-0.15, -0.1) is 0 Å². The van der Waals surface area contributed by atoms with E-state index in [9.17, 15) is 8.42 Å². The molecule has 0 aromatic carbocycles. The molecule has 2 fully saturated rings. The van der Waals surface area contributed by atoms with E-state index in [-0.39, 0.29) is 6.04 Å². The molecule has 1 aromatic rings. The summed E-state index contributed by atoms with van der Waals surface area (Å²) in [6.07, 6.45) is 8.45. The number of hydrogen-bond donors (Lipinski definition) is 0. The van der Waals surface area contributed by atoms with Gasteiger partial charge in [0.2, 0.25) is 0 Å². The maximum atomic E-state index is 13.0. The van der Waals surface area contributed by atoms with Crippen molar-refractivity contribution in [2.24, 2.45) is 5.92 Å². The Kier molecular flexibility index (Phi) is 4.80. The third kappa shape index (κ3) is 3.05. The van der Waals surface area contributed by atoms with Crippen LogP contribution in [0.1, 0.15) is 50.6 Å². The van der Waals surface area contributed by atoms with Crippen LogP contribution in [0, 0.1) is 5.92 Å². The second-order valence-electron chi connectivity index (χ2n) is 6.31. The summed E-state index contributed by atoms with van der Waals surface area (Å²) in [4.78, 5) is 4.14.